The zero-order valence-corrected chi connectivity index (χ0v) is 7.43. The molecule has 0 radical (unpaired) electrons. The van der Waals surface area contributed by atoms with Crippen molar-refractivity contribution >= 4 is 0 Å². The SMILES string of the molecule is Fc1cccc(C(F)(F)C2CNC2)c1. The average molecular weight is 201 g/mol. The Labute approximate surface area is 79.9 Å². The van der Waals surface area contributed by atoms with Crippen molar-refractivity contribution in [2.75, 3.05) is 13.1 Å². The van der Waals surface area contributed by atoms with E-state index in [0.29, 0.717) is 13.1 Å². The first-order chi connectivity index (χ1) is 6.60. The number of hydrogen-bond acceptors (Lipinski definition) is 1. The van der Waals surface area contributed by atoms with E-state index in [9.17, 15) is 13.2 Å². The van der Waals surface area contributed by atoms with Crippen molar-refractivity contribution in [1.82, 2.24) is 5.32 Å². The van der Waals surface area contributed by atoms with Gasteiger partial charge in [-0.05, 0) is 12.1 Å². The fraction of sp³-hybridized carbons (Fsp3) is 0.400. The van der Waals surface area contributed by atoms with Crippen LogP contribution in [0.1, 0.15) is 5.56 Å². The molecule has 0 aliphatic carbocycles. The summed E-state index contributed by atoms with van der Waals surface area (Å²) < 4.78 is 39.9. The highest BCUT2D eigenvalue weighted by Gasteiger charge is 2.44. The second kappa shape index (κ2) is 3.28. The molecule has 14 heavy (non-hydrogen) atoms. The minimum absolute atomic E-state index is 0.232. The van der Waals surface area contributed by atoms with Gasteiger partial charge in [-0.3, -0.25) is 0 Å². The third kappa shape index (κ3) is 1.50. The second-order valence-corrected chi connectivity index (χ2v) is 3.49. The fourth-order valence-electron chi connectivity index (χ4n) is 1.48. The molecule has 0 amide bonds. The van der Waals surface area contributed by atoms with Crippen LogP contribution in [0.5, 0.6) is 0 Å². The van der Waals surface area contributed by atoms with Crippen LogP contribution >= 0.6 is 0 Å². The van der Waals surface area contributed by atoms with Crippen molar-refractivity contribution in [3.05, 3.63) is 35.6 Å². The Balaban J connectivity index is 2.28. The van der Waals surface area contributed by atoms with Crippen LogP contribution in [0.3, 0.4) is 0 Å². The van der Waals surface area contributed by atoms with E-state index in [-0.39, 0.29) is 5.56 Å². The summed E-state index contributed by atoms with van der Waals surface area (Å²) in [5, 5.41) is 2.78. The molecule has 0 bridgehead atoms. The summed E-state index contributed by atoms with van der Waals surface area (Å²) >= 11 is 0. The van der Waals surface area contributed by atoms with Crippen LogP contribution < -0.4 is 5.32 Å². The van der Waals surface area contributed by atoms with E-state index in [1.165, 1.54) is 18.2 Å². The van der Waals surface area contributed by atoms with Gasteiger partial charge in [0.05, 0.1) is 5.92 Å². The van der Waals surface area contributed by atoms with Crippen molar-refractivity contribution < 1.29 is 13.2 Å². The molecule has 0 saturated carbocycles. The molecule has 76 valence electrons. The van der Waals surface area contributed by atoms with Crippen LogP contribution in [0.25, 0.3) is 0 Å². The lowest BCUT2D eigenvalue weighted by molar-refractivity contribution is -0.0836. The van der Waals surface area contributed by atoms with Crippen molar-refractivity contribution in [2.24, 2.45) is 5.92 Å². The molecule has 0 unspecified atom stereocenters. The zero-order chi connectivity index (χ0) is 10.2. The summed E-state index contributed by atoms with van der Waals surface area (Å²) in [5.74, 6) is -4.24. The van der Waals surface area contributed by atoms with Crippen LogP contribution in [0, 0.1) is 11.7 Å². The molecule has 1 aromatic carbocycles. The molecule has 0 atom stereocenters. The largest absolute Gasteiger partial charge is 0.316 e. The molecule has 2 rings (SSSR count). The predicted octanol–water partition coefficient (Wildman–Crippen LogP) is 2.14. The van der Waals surface area contributed by atoms with Gasteiger partial charge < -0.3 is 5.32 Å². The number of nitrogens with one attached hydrogen (secondary N) is 1. The van der Waals surface area contributed by atoms with Gasteiger partial charge in [0, 0.05) is 18.7 Å². The van der Waals surface area contributed by atoms with Gasteiger partial charge in [0.25, 0.3) is 5.92 Å². The summed E-state index contributed by atoms with van der Waals surface area (Å²) in [5.41, 5.74) is -0.232. The van der Waals surface area contributed by atoms with Crippen LogP contribution in [-0.4, -0.2) is 13.1 Å². The number of alkyl halides is 2. The summed E-state index contributed by atoms with van der Waals surface area (Å²) in [6.45, 7) is 0.590. The zero-order valence-electron chi connectivity index (χ0n) is 7.43. The highest BCUT2D eigenvalue weighted by molar-refractivity contribution is 5.23. The van der Waals surface area contributed by atoms with E-state index in [2.05, 4.69) is 5.32 Å². The molecule has 1 saturated heterocycles. The molecule has 1 N–H and O–H groups in total. The Hall–Kier alpha value is -1.03. The Morgan fingerprint density at radius 3 is 2.50 bits per heavy atom. The predicted molar refractivity (Wildman–Crippen MR) is 46.7 cm³/mol. The standard InChI is InChI=1S/C10H10F3N/c11-9-3-1-2-7(4-9)10(12,13)8-5-14-6-8/h1-4,8,14H,5-6H2. The summed E-state index contributed by atoms with van der Waals surface area (Å²) in [6.07, 6.45) is 0. The van der Waals surface area contributed by atoms with E-state index in [1.54, 1.807) is 0 Å². The molecule has 4 heteroatoms. The Bertz CT molecular complexity index is 334. The maximum atomic E-state index is 13.6. The number of benzene rings is 1. The van der Waals surface area contributed by atoms with Crippen molar-refractivity contribution in [2.45, 2.75) is 5.92 Å². The first kappa shape index (κ1) is 9.52. The minimum Gasteiger partial charge on any atom is -0.316 e. The van der Waals surface area contributed by atoms with Gasteiger partial charge in [-0.2, -0.15) is 0 Å². The maximum Gasteiger partial charge on any atom is 0.278 e. The van der Waals surface area contributed by atoms with Gasteiger partial charge in [0.2, 0.25) is 0 Å². The minimum atomic E-state index is -2.92. The van der Waals surface area contributed by atoms with Crippen LogP contribution in [0.4, 0.5) is 13.2 Å². The first-order valence-corrected chi connectivity index (χ1v) is 4.45. The van der Waals surface area contributed by atoms with Gasteiger partial charge in [-0.25, -0.2) is 13.2 Å². The third-order valence-corrected chi connectivity index (χ3v) is 2.50. The smallest absolute Gasteiger partial charge is 0.278 e. The normalized spacial score (nSPS) is 17.9. The highest BCUT2D eigenvalue weighted by Crippen LogP contribution is 2.37. The number of hydrogen-bond donors (Lipinski definition) is 1. The summed E-state index contributed by atoms with van der Waals surface area (Å²) in [7, 11) is 0. The number of rotatable bonds is 2. The monoisotopic (exact) mass is 201 g/mol. The van der Waals surface area contributed by atoms with E-state index in [1.807, 2.05) is 0 Å². The molecule has 1 aliphatic heterocycles. The molecule has 0 aromatic heterocycles. The Morgan fingerprint density at radius 1 is 1.29 bits per heavy atom. The van der Waals surface area contributed by atoms with Gasteiger partial charge in [0.15, 0.2) is 0 Å². The van der Waals surface area contributed by atoms with E-state index >= 15 is 0 Å². The molecule has 1 aliphatic rings. The lowest BCUT2D eigenvalue weighted by Crippen LogP contribution is -2.50. The lowest BCUT2D eigenvalue weighted by Gasteiger charge is -2.34. The van der Waals surface area contributed by atoms with E-state index in [0.717, 1.165) is 6.07 Å². The Kier molecular flexibility index (Phi) is 2.23. The maximum absolute atomic E-state index is 13.6. The summed E-state index contributed by atoms with van der Waals surface area (Å²) in [4.78, 5) is 0. The van der Waals surface area contributed by atoms with Crippen molar-refractivity contribution in [3.8, 4) is 0 Å². The quantitative estimate of drug-likeness (QED) is 0.773. The van der Waals surface area contributed by atoms with Crippen LogP contribution in [-0.2, 0) is 5.92 Å². The molecule has 1 nitrogen and oxygen atoms in total. The van der Waals surface area contributed by atoms with Gasteiger partial charge >= 0.3 is 0 Å². The molecule has 0 spiro atoms. The lowest BCUT2D eigenvalue weighted by atomic mass is 9.90. The van der Waals surface area contributed by atoms with Crippen molar-refractivity contribution in [1.29, 1.82) is 0 Å². The van der Waals surface area contributed by atoms with Crippen LogP contribution in [0.15, 0.2) is 24.3 Å². The fourth-order valence-corrected chi connectivity index (χ4v) is 1.48. The van der Waals surface area contributed by atoms with E-state index < -0.39 is 17.7 Å². The Morgan fingerprint density at radius 2 is 2.00 bits per heavy atom. The number of halogens is 3. The topological polar surface area (TPSA) is 12.0 Å². The molecule has 1 fully saturated rings. The highest BCUT2D eigenvalue weighted by atomic mass is 19.3. The molecule has 1 heterocycles. The molecule has 1 aromatic rings. The van der Waals surface area contributed by atoms with Gasteiger partial charge in [-0.1, -0.05) is 12.1 Å². The molecular weight excluding hydrogens is 191 g/mol. The van der Waals surface area contributed by atoms with Gasteiger partial charge in [-0.15, -0.1) is 0 Å². The van der Waals surface area contributed by atoms with E-state index in [4.69, 9.17) is 0 Å². The third-order valence-electron chi connectivity index (χ3n) is 2.50. The molecular formula is C10H10F3N. The summed E-state index contributed by atoms with van der Waals surface area (Å²) in [6, 6.07) is 4.64. The first-order valence-electron chi connectivity index (χ1n) is 4.45. The average Bonchev–Trinajstić information content (AvgIpc) is 2.00. The van der Waals surface area contributed by atoms with Gasteiger partial charge in [0.1, 0.15) is 5.82 Å². The second-order valence-electron chi connectivity index (χ2n) is 3.49. The van der Waals surface area contributed by atoms with Crippen molar-refractivity contribution in [3.63, 3.8) is 0 Å². The van der Waals surface area contributed by atoms with Crippen LogP contribution in [0.2, 0.25) is 0 Å².